The Balaban J connectivity index is 1.51. The maximum atomic E-state index is 12.1. The normalized spacial score (nSPS) is 29.2. The molecular weight excluding hydrogens is 350 g/mol. The van der Waals surface area contributed by atoms with Crippen LogP contribution in [0.3, 0.4) is 0 Å². The van der Waals surface area contributed by atoms with Crippen LogP contribution in [-0.2, 0) is 9.84 Å². The van der Waals surface area contributed by atoms with E-state index < -0.39 is 9.84 Å². The first-order valence-electron chi connectivity index (χ1n) is 9.71. The monoisotopic (exact) mass is 379 g/mol. The molecule has 7 nitrogen and oxygen atoms in total. The summed E-state index contributed by atoms with van der Waals surface area (Å²) in [7, 11) is -2.97. The molecular formula is C18H29N5O2S. The van der Waals surface area contributed by atoms with Crippen LogP contribution in [0.2, 0.25) is 0 Å². The van der Waals surface area contributed by atoms with Gasteiger partial charge >= 0.3 is 0 Å². The number of rotatable bonds is 3. The maximum Gasteiger partial charge on any atom is 0.227 e. The van der Waals surface area contributed by atoms with Crippen LogP contribution in [0.15, 0.2) is 12.3 Å². The van der Waals surface area contributed by atoms with E-state index in [2.05, 4.69) is 33.9 Å². The molecule has 0 bridgehead atoms. The number of piperidine rings is 1. The fourth-order valence-electron chi connectivity index (χ4n) is 4.57. The van der Waals surface area contributed by atoms with Crippen molar-refractivity contribution in [3.63, 3.8) is 0 Å². The minimum atomic E-state index is -2.97. The molecule has 0 aliphatic carbocycles. The number of anilines is 2. The van der Waals surface area contributed by atoms with Gasteiger partial charge in [0.05, 0.1) is 17.5 Å². The first-order valence-corrected chi connectivity index (χ1v) is 11.5. The van der Waals surface area contributed by atoms with Gasteiger partial charge in [0.1, 0.15) is 5.82 Å². The Morgan fingerprint density at radius 1 is 1.19 bits per heavy atom. The SMILES string of the molecule is CC(C)C1CCN(c2nccc(N3CCN[C@H]4CS(=O)(=O)C[C@H]43)n2)CC1. The molecule has 0 amide bonds. The van der Waals surface area contributed by atoms with Crippen molar-refractivity contribution in [1.29, 1.82) is 0 Å². The molecule has 26 heavy (non-hydrogen) atoms. The van der Waals surface area contributed by atoms with Gasteiger partial charge in [0.15, 0.2) is 9.84 Å². The first-order chi connectivity index (χ1) is 12.4. The standard InChI is InChI=1S/C18H29N5O2S/c1-13(2)14-4-8-22(9-5-14)18-20-6-3-17(21-18)23-10-7-19-15-11-26(24,25)12-16(15)23/h3,6,13-16,19H,4-5,7-12H2,1-2H3/t15-,16+/m0/s1. The fourth-order valence-corrected chi connectivity index (χ4v) is 6.53. The molecule has 4 rings (SSSR count). The van der Waals surface area contributed by atoms with Gasteiger partial charge < -0.3 is 15.1 Å². The number of hydrogen-bond acceptors (Lipinski definition) is 7. The summed E-state index contributed by atoms with van der Waals surface area (Å²) in [6.45, 7) is 8.16. The summed E-state index contributed by atoms with van der Waals surface area (Å²) in [5, 5.41) is 3.36. The highest BCUT2D eigenvalue weighted by molar-refractivity contribution is 7.91. The second-order valence-corrected chi connectivity index (χ2v) is 10.3. The van der Waals surface area contributed by atoms with Crippen LogP contribution in [0.4, 0.5) is 11.8 Å². The minimum Gasteiger partial charge on any atom is -0.350 e. The molecule has 0 saturated carbocycles. The van der Waals surface area contributed by atoms with Gasteiger partial charge in [0, 0.05) is 38.4 Å². The predicted octanol–water partition coefficient (Wildman–Crippen LogP) is 0.924. The highest BCUT2D eigenvalue weighted by Crippen LogP contribution is 2.29. The van der Waals surface area contributed by atoms with E-state index in [1.807, 2.05) is 12.3 Å². The van der Waals surface area contributed by atoms with Gasteiger partial charge in [-0.05, 0) is 30.7 Å². The molecule has 8 heteroatoms. The average molecular weight is 380 g/mol. The Morgan fingerprint density at radius 3 is 2.69 bits per heavy atom. The van der Waals surface area contributed by atoms with Crippen LogP contribution in [0.5, 0.6) is 0 Å². The first kappa shape index (κ1) is 18.0. The summed E-state index contributed by atoms with van der Waals surface area (Å²) in [6, 6.07) is 1.90. The zero-order valence-electron chi connectivity index (χ0n) is 15.6. The Hall–Kier alpha value is -1.41. The smallest absolute Gasteiger partial charge is 0.227 e. The van der Waals surface area contributed by atoms with Crippen LogP contribution in [0.25, 0.3) is 0 Å². The number of nitrogens with zero attached hydrogens (tertiary/aromatic N) is 4. The van der Waals surface area contributed by atoms with Crippen LogP contribution >= 0.6 is 0 Å². The zero-order valence-corrected chi connectivity index (χ0v) is 16.5. The van der Waals surface area contributed by atoms with Crippen LogP contribution in [-0.4, -0.2) is 68.2 Å². The van der Waals surface area contributed by atoms with Gasteiger partial charge in [-0.3, -0.25) is 0 Å². The van der Waals surface area contributed by atoms with Gasteiger partial charge in [-0.1, -0.05) is 13.8 Å². The van der Waals surface area contributed by atoms with Gasteiger partial charge in [-0.15, -0.1) is 0 Å². The Morgan fingerprint density at radius 2 is 1.96 bits per heavy atom. The molecule has 1 aromatic rings. The van der Waals surface area contributed by atoms with Crippen molar-refractivity contribution < 1.29 is 8.42 Å². The number of aromatic nitrogens is 2. The third-order valence-electron chi connectivity index (χ3n) is 6.17. The molecule has 3 aliphatic rings. The maximum absolute atomic E-state index is 12.1. The largest absolute Gasteiger partial charge is 0.350 e. The molecule has 4 heterocycles. The summed E-state index contributed by atoms with van der Waals surface area (Å²) < 4.78 is 24.1. The van der Waals surface area contributed by atoms with Gasteiger partial charge in [0.2, 0.25) is 5.95 Å². The van der Waals surface area contributed by atoms with Crippen LogP contribution in [0, 0.1) is 11.8 Å². The summed E-state index contributed by atoms with van der Waals surface area (Å²) in [6.07, 6.45) is 4.18. The van der Waals surface area contributed by atoms with E-state index in [1.54, 1.807) is 0 Å². The topological polar surface area (TPSA) is 78.4 Å². The quantitative estimate of drug-likeness (QED) is 0.837. The molecule has 2 atom stereocenters. The second-order valence-electron chi connectivity index (χ2n) is 8.18. The molecule has 3 fully saturated rings. The van der Waals surface area contributed by atoms with Crippen molar-refractivity contribution in [3.05, 3.63) is 12.3 Å². The number of nitrogens with one attached hydrogen (secondary N) is 1. The molecule has 3 aliphatic heterocycles. The van der Waals surface area contributed by atoms with E-state index in [1.165, 1.54) is 12.8 Å². The highest BCUT2D eigenvalue weighted by Gasteiger charge is 2.43. The summed E-state index contributed by atoms with van der Waals surface area (Å²) in [5.74, 6) is 3.59. The Kier molecular flexibility index (Phi) is 4.81. The van der Waals surface area contributed by atoms with Crippen molar-refractivity contribution in [2.75, 3.05) is 47.5 Å². The molecule has 1 aromatic heterocycles. The minimum absolute atomic E-state index is 0.00829. The Bertz CT molecular complexity index is 746. The van der Waals surface area contributed by atoms with Crippen molar-refractivity contribution in [2.24, 2.45) is 11.8 Å². The van der Waals surface area contributed by atoms with Crippen LogP contribution < -0.4 is 15.1 Å². The van der Waals surface area contributed by atoms with Gasteiger partial charge in [0.25, 0.3) is 0 Å². The van der Waals surface area contributed by atoms with Crippen molar-refractivity contribution in [3.8, 4) is 0 Å². The van der Waals surface area contributed by atoms with E-state index >= 15 is 0 Å². The van der Waals surface area contributed by atoms with E-state index in [0.717, 1.165) is 49.8 Å². The van der Waals surface area contributed by atoms with E-state index in [9.17, 15) is 8.42 Å². The van der Waals surface area contributed by atoms with Crippen molar-refractivity contribution >= 4 is 21.6 Å². The molecule has 0 spiro atoms. The molecule has 0 radical (unpaired) electrons. The summed E-state index contributed by atoms with van der Waals surface area (Å²) in [5.41, 5.74) is 0. The average Bonchev–Trinajstić information content (AvgIpc) is 2.95. The Labute approximate surface area is 156 Å². The lowest BCUT2D eigenvalue weighted by atomic mass is 9.87. The van der Waals surface area contributed by atoms with Crippen molar-refractivity contribution in [1.82, 2.24) is 15.3 Å². The molecule has 3 saturated heterocycles. The van der Waals surface area contributed by atoms with Crippen molar-refractivity contribution in [2.45, 2.75) is 38.8 Å². The lowest BCUT2D eigenvalue weighted by molar-refractivity contribution is 0.310. The number of piperazine rings is 1. The number of hydrogen-bond donors (Lipinski definition) is 1. The lowest BCUT2D eigenvalue weighted by Gasteiger charge is -2.39. The fraction of sp³-hybridized carbons (Fsp3) is 0.778. The highest BCUT2D eigenvalue weighted by atomic mass is 32.2. The van der Waals surface area contributed by atoms with Crippen LogP contribution in [0.1, 0.15) is 26.7 Å². The molecule has 0 unspecified atom stereocenters. The molecule has 0 aromatic carbocycles. The number of fused-ring (bicyclic) bond motifs is 1. The molecule has 144 valence electrons. The number of sulfone groups is 1. The van der Waals surface area contributed by atoms with Gasteiger partial charge in [-0.2, -0.15) is 4.98 Å². The summed E-state index contributed by atoms with van der Waals surface area (Å²) in [4.78, 5) is 13.7. The second kappa shape index (κ2) is 6.96. The summed E-state index contributed by atoms with van der Waals surface area (Å²) >= 11 is 0. The molecule has 1 N–H and O–H groups in total. The predicted molar refractivity (Wildman–Crippen MR) is 103 cm³/mol. The third-order valence-corrected chi connectivity index (χ3v) is 7.89. The lowest BCUT2D eigenvalue weighted by Crippen LogP contribution is -2.57. The third kappa shape index (κ3) is 3.53. The zero-order chi connectivity index (χ0) is 18.3. The van der Waals surface area contributed by atoms with E-state index in [-0.39, 0.29) is 23.6 Å². The van der Waals surface area contributed by atoms with Gasteiger partial charge in [-0.25, -0.2) is 13.4 Å². The van der Waals surface area contributed by atoms with E-state index in [0.29, 0.717) is 0 Å². The van der Waals surface area contributed by atoms with E-state index in [4.69, 9.17) is 4.98 Å².